The molecule has 1 N–H and O–H groups in total. The first-order chi connectivity index (χ1) is 14.0. The van der Waals surface area contributed by atoms with Gasteiger partial charge in [-0.1, -0.05) is 18.2 Å². The molecule has 1 aromatic heterocycles. The van der Waals surface area contributed by atoms with E-state index in [1.807, 2.05) is 36.4 Å². The van der Waals surface area contributed by atoms with E-state index in [0.717, 1.165) is 42.5 Å². The number of para-hydroxylation sites is 1. The Hall–Kier alpha value is -3.19. The van der Waals surface area contributed by atoms with Crippen LogP contribution >= 0.6 is 0 Å². The number of aromatic nitrogens is 1. The summed E-state index contributed by atoms with van der Waals surface area (Å²) in [6.45, 7) is 2.08. The highest BCUT2D eigenvalue weighted by Crippen LogP contribution is 2.34. The smallest absolute Gasteiger partial charge is 0.311 e. The zero-order valence-corrected chi connectivity index (χ0v) is 16.7. The van der Waals surface area contributed by atoms with Crippen LogP contribution in [0.25, 0.3) is 10.9 Å². The van der Waals surface area contributed by atoms with E-state index in [4.69, 9.17) is 0 Å². The fourth-order valence-corrected chi connectivity index (χ4v) is 3.94. The Morgan fingerprint density at radius 2 is 1.79 bits per heavy atom. The molecule has 1 saturated heterocycles. The maximum absolute atomic E-state index is 11.5. The Bertz CT molecular complexity index is 1010. The minimum atomic E-state index is -0.398. The van der Waals surface area contributed by atoms with Crippen molar-refractivity contribution in [3.05, 3.63) is 64.8 Å². The molecule has 0 radical (unpaired) electrons. The molecule has 1 aliphatic rings. The lowest BCUT2D eigenvalue weighted by Gasteiger charge is -2.36. The molecule has 1 fully saturated rings. The van der Waals surface area contributed by atoms with Crippen LogP contribution in [0.4, 0.5) is 22.7 Å². The van der Waals surface area contributed by atoms with Crippen molar-refractivity contribution in [2.45, 2.75) is 18.9 Å². The Morgan fingerprint density at radius 1 is 1.10 bits per heavy atom. The molecular formula is C22H25N5O2. The summed E-state index contributed by atoms with van der Waals surface area (Å²) in [5, 5.41) is 15.5. The van der Waals surface area contributed by atoms with Gasteiger partial charge in [0, 0.05) is 35.9 Å². The number of rotatable bonds is 5. The number of nitro groups is 1. The molecule has 0 atom stereocenters. The van der Waals surface area contributed by atoms with Crippen LogP contribution in [0.5, 0.6) is 0 Å². The van der Waals surface area contributed by atoms with Crippen LogP contribution in [-0.4, -0.2) is 48.0 Å². The maximum atomic E-state index is 11.5. The molecule has 1 aliphatic heterocycles. The topological polar surface area (TPSA) is 74.5 Å². The van der Waals surface area contributed by atoms with Gasteiger partial charge in [0.05, 0.1) is 10.4 Å². The molecular weight excluding hydrogens is 366 g/mol. The van der Waals surface area contributed by atoms with Gasteiger partial charge < -0.3 is 15.1 Å². The predicted octanol–water partition coefficient (Wildman–Crippen LogP) is 4.42. The molecule has 150 valence electrons. The third-order valence-electron chi connectivity index (χ3n) is 5.65. The second-order valence-corrected chi connectivity index (χ2v) is 7.65. The average molecular weight is 391 g/mol. The molecule has 7 nitrogen and oxygen atoms in total. The standard InChI is InChI=1S/C22H25N5O2/c1-25(2)17-11-13-26(14-12-17)18-9-7-16(8-10-18)24-22-19-5-3-4-6-20(19)23-15-21(22)27(28)29/h3-10,15,17H,11-14H2,1-2H3,(H,23,24). The molecule has 0 saturated carbocycles. The number of hydrogen-bond donors (Lipinski definition) is 1. The van der Waals surface area contributed by atoms with E-state index >= 15 is 0 Å². The molecule has 2 heterocycles. The highest BCUT2D eigenvalue weighted by atomic mass is 16.6. The van der Waals surface area contributed by atoms with Crippen molar-refractivity contribution < 1.29 is 4.92 Å². The second kappa shape index (κ2) is 8.05. The van der Waals surface area contributed by atoms with Gasteiger partial charge in [0.2, 0.25) is 0 Å². The highest BCUT2D eigenvalue weighted by Gasteiger charge is 2.21. The fourth-order valence-electron chi connectivity index (χ4n) is 3.94. The monoisotopic (exact) mass is 391 g/mol. The molecule has 4 rings (SSSR count). The van der Waals surface area contributed by atoms with E-state index in [0.29, 0.717) is 11.7 Å². The van der Waals surface area contributed by atoms with Gasteiger partial charge in [-0.25, -0.2) is 4.98 Å². The number of anilines is 3. The van der Waals surface area contributed by atoms with Crippen LogP contribution in [0.3, 0.4) is 0 Å². The Labute approximate surface area is 170 Å². The second-order valence-electron chi connectivity index (χ2n) is 7.65. The summed E-state index contributed by atoms with van der Waals surface area (Å²) in [6, 6.07) is 16.2. The Morgan fingerprint density at radius 3 is 2.45 bits per heavy atom. The van der Waals surface area contributed by atoms with Crippen molar-refractivity contribution in [3.8, 4) is 0 Å². The number of benzene rings is 2. The van der Waals surface area contributed by atoms with E-state index in [1.165, 1.54) is 11.9 Å². The van der Waals surface area contributed by atoms with E-state index in [1.54, 1.807) is 0 Å². The SMILES string of the molecule is CN(C)C1CCN(c2ccc(Nc3c([N+](=O)[O-])cnc4ccccc34)cc2)CC1. The predicted molar refractivity (Wildman–Crippen MR) is 117 cm³/mol. The average Bonchev–Trinajstić information content (AvgIpc) is 2.74. The van der Waals surface area contributed by atoms with Gasteiger partial charge in [-0.3, -0.25) is 10.1 Å². The molecule has 3 aromatic rings. The largest absolute Gasteiger partial charge is 0.371 e. The van der Waals surface area contributed by atoms with E-state index in [9.17, 15) is 10.1 Å². The third-order valence-corrected chi connectivity index (χ3v) is 5.65. The van der Waals surface area contributed by atoms with Crippen molar-refractivity contribution in [1.82, 2.24) is 9.88 Å². The van der Waals surface area contributed by atoms with Gasteiger partial charge in [0.1, 0.15) is 11.9 Å². The van der Waals surface area contributed by atoms with Crippen molar-refractivity contribution >= 4 is 33.7 Å². The summed E-state index contributed by atoms with van der Waals surface area (Å²) in [6.07, 6.45) is 3.62. The molecule has 0 amide bonds. The summed E-state index contributed by atoms with van der Waals surface area (Å²) >= 11 is 0. The first kappa shape index (κ1) is 19.1. The number of fused-ring (bicyclic) bond motifs is 1. The minimum Gasteiger partial charge on any atom is -0.371 e. The normalized spacial score (nSPS) is 15.1. The number of nitrogens with one attached hydrogen (secondary N) is 1. The van der Waals surface area contributed by atoms with Crippen LogP contribution in [0.15, 0.2) is 54.7 Å². The molecule has 0 unspecified atom stereocenters. The summed E-state index contributed by atoms with van der Waals surface area (Å²) in [7, 11) is 4.28. The molecule has 2 aromatic carbocycles. The Balaban J connectivity index is 1.55. The van der Waals surface area contributed by atoms with Crippen LogP contribution in [0.1, 0.15) is 12.8 Å². The van der Waals surface area contributed by atoms with Crippen LogP contribution in [0, 0.1) is 10.1 Å². The first-order valence-corrected chi connectivity index (χ1v) is 9.83. The van der Waals surface area contributed by atoms with Gasteiger partial charge in [-0.2, -0.15) is 0 Å². The fraction of sp³-hybridized carbons (Fsp3) is 0.318. The molecule has 0 aliphatic carbocycles. The number of nitrogens with zero attached hydrogens (tertiary/aromatic N) is 4. The summed E-state index contributed by atoms with van der Waals surface area (Å²) in [5.41, 5.74) is 3.16. The quantitative estimate of drug-likeness (QED) is 0.513. The number of hydrogen-bond acceptors (Lipinski definition) is 6. The number of pyridine rings is 1. The van der Waals surface area contributed by atoms with Gasteiger partial charge in [-0.15, -0.1) is 0 Å². The lowest BCUT2D eigenvalue weighted by molar-refractivity contribution is -0.384. The van der Waals surface area contributed by atoms with E-state index < -0.39 is 4.92 Å². The zero-order chi connectivity index (χ0) is 20.4. The van der Waals surface area contributed by atoms with Gasteiger partial charge in [0.15, 0.2) is 0 Å². The molecule has 7 heteroatoms. The van der Waals surface area contributed by atoms with Crippen molar-refractivity contribution in [2.24, 2.45) is 0 Å². The lowest BCUT2D eigenvalue weighted by atomic mass is 10.0. The zero-order valence-electron chi connectivity index (χ0n) is 16.7. The van der Waals surface area contributed by atoms with Crippen molar-refractivity contribution in [2.75, 3.05) is 37.4 Å². The summed E-state index contributed by atoms with van der Waals surface area (Å²) in [4.78, 5) is 20.0. The van der Waals surface area contributed by atoms with Crippen molar-refractivity contribution in [3.63, 3.8) is 0 Å². The number of piperidine rings is 1. The van der Waals surface area contributed by atoms with Crippen molar-refractivity contribution in [1.29, 1.82) is 0 Å². The van der Waals surface area contributed by atoms with Gasteiger partial charge in [-0.05, 0) is 57.3 Å². The first-order valence-electron chi connectivity index (χ1n) is 9.83. The summed E-state index contributed by atoms with van der Waals surface area (Å²) in [5.74, 6) is 0. The highest BCUT2D eigenvalue weighted by molar-refractivity contribution is 5.97. The van der Waals surface area contributed by atoms with Gasteiger partial charge >= 0.3 is 5.69 Å². The van der Waals surface area contributed by atoms with Crippen LogP contribution < -0.4 is 10.2 Å². The van der Waals surface area contributed by atoms with Gasteiger partial charge in [0.25, 0.3) is 0 Å². The maximum Gasteiger partial charge on any atom is 0.311 e. The van der Waals surface area contributed by atoms with E-state index in [2.05, 4.69) is 46.3 Å². The lowest BCUT2D eigenvalue weighted by Crippen LogP contribution is -2.41. The van der Waals surface area contributed by atoms with E-state index in [-0.39, 0.29) is 5.69 Å². The van der Waals surface area contributed by atoms with Crippen LogP contribution in [0.2, 0.25) is 0 Å². The summed E-state index contributed by atoms with van der Waals surface area (Å²) < 4.78 is 0. The Kier molecular flexibility index (Phi) is 5.31. The third kappa shape index (κ3) is 4.00. The molecule has 29 heavy (non-hydrogen) atoms. The minimum absolute atomic E-state index is 0.0291. The molecule has 0 bridgehead atoms. The molecule has 0 spiro atoms. The van der Waals surface area contributed by atoms with Crippen LogP contribution in [-0.2, 0) is 0 Å².